The molecule has 0 saturated heterocycles. The molecule has 1 aliphatic carbocycles. The molecule has 2 N–H and O–H groups in total. The average Bonchev–Trinajstić information content (AvgIpc) is 2.30. The summed E-state index contributed by atoms with van der Waals surface area (Å²) < 4.78 is 0. The van der Waals surface area contributed by atoms with E-state index in [2.05, 4.69) is 56.3 Å². The van der Waals surface area contributed by atoms with Gasteiger partial charge < -0.3 is 5.73 Å². The Labute approximate surface area is 104 Å². The lowest BCUT2D eigenvalue weighted by molar-refractivity contribution is 0.547. The molecule has 0 aromatic heterocycles. The molecule has 0 bridgehead atoms. The lowest BCUT2D eigenvalue weighted by atomic mass is 9.82. The van der Waals surface area contributed by atoms with Crippen LogP contribution in [0.4, 0.5) is 0 Å². The molecule has 0 amide bonds. The van der Waals surface area contributed by atoms with Crippen LogP contribution < -0.4 is 5.73 Å². The summed E-state index contributed by atoms with van der Waals surface area (Å²) in [7, 11) is 0. The first-order valence-electron chi connectivity index (χ1n) is 6.29. The van der Waals surface area contributed by atoms with Crippen molar-refractivity contribution in [3.05, 3.63) is 59.7 Å². The van der Waals surface area contributed by atoms with Crippen LogP contribution in [0.15, 0.2) is 54.1 Å². The molecule has 2 atom stereocenters. The van der Waals surface area contributed by atoms with Crippen molar-refractivity contribution in [3.63, 3.8) is 0 Å². The molecule has 90 valence electrons. The van der Waals surface area contributed by atoms with E-state index in [4.69, 9.17) is 5.73 Å². The van der Waals surface area contributed by atoms with Gasteiger partial charge in [-0.1, -0.05) is 55.5 Å². The number of benzene rings is 1. The molecular formula is C16H21N. The zero-order valence-electron chi connectivity index (χ0n) is 10.7. The predicted molar refractivity (Wildman–Crippen MR) is 73.7 cm³/mol. The summed E-state index contributed by atoms with van der Waals surface area (Å²) in [6, 6.07) is 10.5. The normalized spacial score (nSPS) is 23.0. The molecule has 1 heteroatoms. The maximum atomic E-state index is 6.45. The summed E-state index contributed by atoms with van der Waals surface area (Å²) >= 11 is 0. The number of allylic oxidation sites excluding steroid dienone is 2. The molecule has 1 aromatic rings. The highest BCUT2D eigenvalue weighted by Crippen LogP contribution is 2.25. The summed E-state index contributed by atoms with van der Waals surface area (Å²) in [4.78, 5) is 0. The van der Waals surface area contributed by atoms with Crippen LogP contribution in [0, 0.1) is 5.92 Å². The fourth-order valence-corrected chi connectivity index (χ4v) is 2.27. The maximum absolute atomic E-state index is 6.45. The van der Waals surface area contributed by atoms with Crippen LogP contribution in [0.2, 0.25) is 0 Å². The lowest BCUT2D eigenvalue weighted by Crippen LogP contribution is -2.40. The Morgan fingerprint density at radius 1 is 1.29 bits per heavy atom. The van der Waals surface area contributed by atoms with Gasteiger partial charge in [0.1, 0.15) is 0 Å². The maximum Gasteiger partial charge on any atom is 0.0418 e. The van der Waals surface area contributed by atoms with Crippen molar-refractivity contribution in [2.45, 2.75) is 32.2 Å². The van der Waals surface area contributed by atoms with Gasteiger partial charge in [0, 0.05) is 5.54 Å². The Morgan fingerprint density at radius 2 is 2.00 bits per heavy atom. The van der Waals surface area contributed by atoms with E-state index < -0.39 is 0 Å². The largest absolute Gasteiger partial charge is 0.321 e. The van der Waals surface area contributed by atoms with Crippen LogP contribution in [0.1, 0.15) is 25.8 Å². The van der Waals surface area contributed by atoms with E-state index >= 15 is 0 Å². The third-order valence-corrected chi connectivity index (χ3v) is 3.39. The minimum absolute atomic E-state index is 0.266. The number of hydrogen-bond donors (Lipinski definition) is 1. The topological polar surface area (TPSA) is 26.0 Å². The molecule has 1 aliphatic rings. The van der Waals surface area contributed by atoms with E-state index in [0.717, 1.165) is 12.8 Å². The van der Waals surface area contributed by atoms with Crippen LogP contribution in [0.5, 0.6) is 0 Å². The highest BCUT2D eigenvalue weighted by molar-refractivity contribution is 5.35. The van der Waals surface area contributed by atoms with E-state index in [9.17, 15) is 0 Å². The fourth-order valence-electron chi connectivity index (χ4n) is 2.27. The first-order chi connectivity index (χ1) is 8.08. The summed E-state index contributed by atoms with van der Waals surface area (Å²) in [5, 5.41) is 0. The van der Waals surface area contributed by atoms with E-state index in [1.165, 1.54) is 11.1 Å². The van der Waals surface area contributed by atoms with Gasteiger partial charge in [-0.2, -0.15) is 0 Å². The highest BCUT2D eigenvalue weighted by atomic mass is 14.7. The molecule has 17 heavy (non-hydrogen) atoms. The van der Waals surface area contributed by atoms with Crippen molar-refractivity contribution < 1.29 is 0 Å². The van der Waals surface area contributed by atoms with Gasteiger partial charge in [-0.25, -0.2) is 0 Å². The van der Waals surface area contributed by atoms with Gasteiger partial charge in [-0.05, 0) is 36.8 Å². The lowest BCUT2D eigenvalue weighted by Gasteiger charge is -2.29. The van der Waals surface area contributed by atoms with Crippen molar-refractivity contribution in [1.82, 2.24) is 0 Å². The first kappa shape index (κ1) is 12.1. The standard InChI is InChI=1S/C16H21N/c1-13-8-10-15(11-9-13)16(2,17)12-14-6-4-3-5-7-14/h3-8,10-11,13H,9,12,17H2,1-2H3. The minimum atomic E-state index is -0.266. The van der Waals surface area contributed by atoms with Crippen molar-refractivity contribution >= 4 is 0 Å². The Bertz CT molecular complexity index is 426. The summed E-state index contributed by atoms with van der Waals surface area (Å²) in [5.41, 5.74) is 8.74. The van der Waals surface area contributed by atoms with Crippen molar-refractivity contribution in [3.8, 4) is 0 Å². The van der Waals surface area contributed by atoms with Crippen molar-refractivity contribution in [2.24, 2.45) is 11.7 Å². The van der Waals surface area contributed by atoms with Gasteiger partial charge in [0.2, 0.25) is 0 Å². The van der Waals surface area contributed by atoms with E-state index in [1.807, 2.05) is 6.07 Å². The van der Waals surface area contributed by atoms with E-state index in [-0.39, 0.29) is 5.54 Å². The Morgan fingerprint density at radius 3 is 2.59 bits per heavy atom. The zero-order valence-corrected chi connectivity index (χ0v) is 10.7. The fraction of sp³-hybridized carbons (Fsp3) is 0.375. The van der Waals surface area contributed by atoms with Gasteiger partial charge in [0.15, 0.2) is 0 Å². The third kappa shape index (κ3) is 3.07. The van der Waals surface area contributed by atoms with Gasteiger partial charge in [-0.15, -0.1) is 0 Å². The van der Waals surface area contributed by atoms with E-state index in [0.29, 0.717) is 5.92 Å². The zero-order chi connectivity index (χ0) is 12.3. The van der Waals surface area contributed by atoms with Gasteiger partial charge in [0.05, 0.1) is 0 Å². The number of hydrogen-bond acceptors (Lipinski definition) is 1. The first-order valence-corrected chi connectivity index (χ1v) is 6.29. The smallest absolute Gasteiger partial charge is 0.0418 e. The molecule has 0 fully saturated rings. The quantitative estimate of drug-likeness (QED) is 0.840. The van der Waals surface area contributed by atoms with Gasteiger partial charge >= 0.3 is 0 Å². The molecule has 0 spiro atoms. The van der Waals surface area contributed by atoms with Crippen LogP contribution in [0.3, 0.4) is 0 Å². The number of rotatable bonds is 3. The van der Waals surface area contributed by atoms with Crippen LogP contribution >= 0.6 is 0 Å². The second-order valence-corrected chi connectivity index (χ2v) is 5.31. The van der Waals surface area contributed by atoms with Crippen LogP contribution in [-0.2, 0) is 6.42 Å². The van der Waals surface area contributed by atoms with Crippen LogP contribution in [0.25, 0.3) is 0 Å². The second kappa shape index (κ2) is 4.89. The number of nitrogens with two attached hydrogens (primary N) is 1. The minimum Gasteiger partial charge on any atom is -0.321 e. The molecule has 0 saturated carbocycles. The SMILES string of the molecule is CC1C=CC(C(C)(N)Cc2ccccc2)=CC1. The highest BCUT2D eigenvalue weighted by Gasteiger charge is 2.23. The van der Waals surface area contributed by atoms with Crippen molar-refractivity contribution in [1.29, 1.82) is 0 Å². The monoisotopic (exact) mass is 227 g/mol. The molecule has 1 aromatic carbocycles. The summed E-state index contributed by atoms with van der Waals surface area (Å²) in [5.74, 6) is 0.645. The molecule has 1 nitrogen and oxygen atoms in total. The van der Waals surface area contributed by atoms with Gasteiger partial charge in [0.25, 0.3) is 0 Å². The second-order valence-electron chi connectivity index (χ2n) is 5.31. The molecular weight excluding hydrogens is 206 g/mol. The van der Waals surface area contributed by atoms with E-state index in [1.54, 1.807) is 0 Å². The predicted octanol–water partition coefficient (Wildman–Crippen LogP) is 3.47. The molecule has 0 heterocycles. The van der Waals surface area contributed by atoms with Gasteiger partial charge in [-0.3, -0.25) is 0 Å². The third-order valence-electron chi connectivity index (χ3n) is 3.39. The molecule has 2 unspecified atom stereocenters. The molecule has 0 radical (unpaired) electrons. The molecule has 0 aliphatic heterocycles. The van der Waals surface area contributed by atoms with Crippen molar-refractivity contribution in [2.75, 3.05) is 0 Å². The molecule has 2 rings (SSSR count). The van der Waals surface area contributed by atoms with Crippen LogP contribution in [-0.4, -0.2) is 5.54 Å². The summed E-state index contributed by atoms with van der Waals surface area (Å²) in [6.45, 7) is 4.35. The Hall–Kier alpha value is -1.34. The summed E-state index contributed by atoms with van der Waals surface area (Å²) in [6.07, 6.45) is 8.72. The average molecular weight is 227 g/mol. The Balaban J connectivity index is 2.12. The Kier molecular flexibility index (Phi) is 3.49.